The monoisotopic (exact) mass is 305 g/mol. The Bertz CT molecular complexity index is 290. The molecule has 0 rings (SSSR count). The Hall–Kier alpha value is -0.833. The van der Waals surface area contributed by atoms with Crippen molar-refractivity contribution in [2.45, 2.75) is 37.9 Å². The normalized spacial score (nSPS) is 12.6. The van der Waals surface area contributed by atoms with Crippen molar-refractivity contribution in [1.29, 1.82) is 0 Å². The molecule has 0 aromatic heterocycles. The van der Waals surface area contributed by atoms with Crippen LogP contribution < -0.4 is 5.32 Å². The van der Waals surface area contributed by atoms with Crippen LogP contribution in [-0.2, 0) is 9.16 Å². The van der Waals surface area contributed by atoms with Gasteiger partial charge in [0.25, 0.3) is 0 Å². The summed E-state index contributed by atoms with van der Waals surface area (Å²) in [6.07, 6.45) is -4.38. The Labute approximate surface area is 110 Å². The number of amides is 1. The van der Waals surface area contributed by atoms with E-state index < -0.39 is 33.4 Å². The lowest BCUT2D eigenvalue weighted by Crippen LogP contribution is -2.36. The van der Waals surface area contributed by atoms with E-state index in [1.165, 1.54) is 0 Å². The zero-order chi connectivity index (χ0) is 15.1. The fourth-order valence-electron chi connectivity index (χ4n) is 1.08. The Kier molecular flexibility index (Phi) is 7.35. The van der Waals surface area contributed by atoms with Crippen LogP contribution in [0.3, 0.4) is 0 Å². The third-order valence-electron chi connectivity index (χ3n) is 2.49. The highest BCUT2D eigenvalue weighted by molar-refractivity contribution is 6.71. The first-order chi connectivity index (χ1) is 8.60. The second-order valence-corrected chi connectivity index (χ2v) is 9.06. The van der Waals surface area contributed by atoms with Crippen LogP contribution in [0, 0.1) is 0 Å². The van der Waals surface area contributed by atoms with Gasteiger partial charge < -0.3 is 14.5 Å². The molecular formula is C10H19F4NO3Si. The van der Waals surface area contributed by atoms with Crippen LogP contribution in [0.5, 0.6) is 0 Å². The van der Waals surface area contributed by atoms with Crippen LogP contribution in [-0.4, -0.2) is 47.0 Å². The van der Waals surface area contributed by atoms with Crippen molar-refractivity contribution < 1.29 is 31.5 Å². The van der Waals surface area contributed by atoms with Gasteiger partial charge in [-0.3, -0.25) is 0 Å². The van der Waals surface area contributed by atoms with E-state index in [9.17, 15) is 22.4 Å². The van der Waals surface area contributed by atoms with Gasteiger partial charge in [-0.05, 0) is 25.6 Å². The van der Waals surface area contributed by atoms with E-state index in [0.717, 1.165) is 6.04 Å². The number of carbonyl (C=O) groups excluding carboxylic acids is 1. The first-order valence-corrected chi connectivity index (χ1v) is 8.84. The Morgan fingerprint density at radius 3 is 2.42 bits per heavy atom. The third-order valence-corrected chi connectivity index (χ3v) is 5.16. The highest BCUT2D eigenvalue weighted by Gasteiger charge is 2.42. The molecule has 9 heteroatoms. The van der Waals surface area contributed by atoms with E-state index >= 15 is 0 Å². The van der Waals surface area contributed by atoms with E-state index in [0.29, 0.717) is 6.42 Å². The first-order valence-electron chi connectivity index (χ1n) is 5.72. The molecule has 1 N–H and O–H groups in total. The minimum atomic E-state index is -4.32. The molecule has 0 saturated heterocycles. The number of hydrogen-bond acceptors (Lipinski definition) is 3. The van der Waals surface area contributed by atoms with E-state index in [1.54, 1.807) is 7.11 Å². The van der Waals surface area contributed by atoms with Crippen molar-refractivity contribution in [3.05, 3.63) is 0 Å². The molecule has 0 spiro atoms. The predicted octanol–water partition coefficient (Wildman–Crippen LogP) is 2.85. The molecule has 0 aromatic carbocycles. The maximum Gasteiger partial charge on any atom is 0.407 e. The van der Waals surface area contributed by atoms with E-state index in [1.807, 2.05) is 13.1 Å². The minimum absolute atomic E-state index is 0.221. The zero-order valence-corrected chi connectivity index (χ0v) is 12.1. The van der Waals surface area contributed by atoms with Crippen LogP contribution in [0.2, 0.25) is 19.1 Å². The first kappa shape index (κ1) is 18.2. The fourth-order valence-corrected chi connectivity index (χ4v) is 2.31. The summed E-state index contributed by atoms with van der Waals surface area (Å²) < 4.78 is 57.7. The Balaban J connectivity index is 3.78. The van der Waals surface area contributed by atoms with E-state index in [-0.39, 0.29) is 6.54 Å². The Morgan fingerprint density at radius 1 is 1.37 bits per heavy atom. The second-order valence-electron chi connectivity index (χ2n) is 4.63. The van der Waals surface area contributed by atoms with Crippen molar-refractivity contribution in [3.8, 4) is 0 Å². The second kappa shape index (κ2) is 7.68. The molecule has 19 heavy (non-hydrogen) atoms. The van der Waals surface area contributed by atoms with Crippen LogP contribution >= 0.6 is 0 Å². The number of alkyl halides is 4. The molecule has 0 saturated carbocycles. The van der Waals surface area contributed by atoms with Gasteiger partial charge in [-0.15, -0.1) is 0 Å². The van der Waals surface area contributed by atoms with Gasteiger partial charge in [0.1, 0.15) is 0 Å². The van der Waals surface area contributed by atoms with Gasteiger partial charge in [0.2, 0.25) is 0 Å². The van der Waals surface area contributed by atoms with Crippen LogP contribution in [0.15, 0.2) is 0 Å². The minimum Gasteiger partial charge on any atom is -0.443 e. The fraction of sp³-hybridized carbons (Fsp3) is 0.900. The van der Waals surface area contributed by atoms with Crippen molar-refractivity contribution >= 4 is 14.4 Å². The molecule has 0 atom stereocenters. The summed E-state index contributed by atoms with van der Waals surface area (Å²) in [4.78, 5) is 11.0. The van der Waals surface area contributed by atoms with Gasteiger partial charge in [-0.1, -0.05) is 0 Å². The summed E-state index contributed by atoms with van der Waals surface area (Å²) in [5, 5.41) is 2.22. The SMILES string of the molecule is CO[Si](C)(C)CCCNC(=O)OCC(F)(F)C(F)F. The molecule has 0 fully saturated rings. The summed E-state index contributed by atoms with van der Waals surface area (Å²) in [7, 11) is -0.112. The summed E-state index contributed by atoms with van der Waals surface area (Å²) in [5.74, 6) is -4.32. The average molecular weight is 305 g/mol. The van der Waals surface area contributed by atoms with Crippen molar-refractivity contribution in [2.75, 3.05) is 20.3 Å². The topological polar surface area (TPSA) is 47.6 Å². The highest BCUT2D eigenvalue weighted by atomic mass is 28.4. The lowest BCUT2D eigenvalue weighted by Gasteiger charge is -2.19. The molecule has 0 bridgehead atoms. The summed E-state index contributed by atoms with van der Waals surface area (Å²) >= 11 is 0. The molecule has 0 aliphatic carbocycles. The molecule has 1 amide bonds. The molecule has 0 heterocycles. The van der Waals surface area contributed by atoms with Crippen molar-refractivity contribution in [2.24, 2.45) is 0 Å². The van der Waals surface area contributed by atoms with E-state index in [4.69, 9.17) is 4.43 Å². The molecule has 0 radical (unpaired) electrons. The number of halogens is 4. The largest absolute Gasteiger partial charge is 0.443 e. The number of alkyl carbamates (subject to hydrolysis) is 1. The van der Waals surface area contributed by atoms with Crippen molar-refractivity contribution in [1.82, 2.24) is 5.32 Å². The summed E-state index contributed by atoms with van der Waals surface area (Å²) in [5.41, 5.74) is 0. The molecule has 0 aromatic rings. The van der Waals surface area contributed by atoms with Crippen LogP contribution in [0.4, 0.5) is 22.4 Å². The molecule has 114 valence electrons. The molecular weight excluding hydrogens is 286 g/mol. The quantitative estimate of drug-likeness (QED) is 0.426. The number of hydrogen-bond donors (Lipinski definition) is 1. The smallest absolute Gasteiger partial charge is 0.407 e. The maximum atomic E-state index is 12.4. The lowest BCUT2D eigenvalue weighted by atomic mass is 10.4. The van der Waals surface area contributed by atoms with Gasteiger partial charge in [0.15, 0.2) is 14.9 Å². The predicted molar refractivity (Wildman–Crippen MR) is 64.2 cm³/mol. The highest BCUT2D eigenvalue weighted by Crippen LogP contribution is 2.22. The number of ether oxygens (including phenoxy) is 1. The Morgan fingerprint density at radius 2 is 1.95 bits per heavy atom. The van der Waals surface area contributed by atoms with Crippen molar-refractivity contribution in [3.63, 3.8) is 0 Å². The standard InChI is InChI=1S/C10H19F4NO3Si/c1-17-19(2,3)6-4-5-15-9(16)18-7-10(13,14)8(11)12/h8H,4-7H2,1-3H3,(H,15,16). The third kappa shape index (κ3) is 8.04. The maximum absolute atomic E-state index is 12.4. The van der Waals surface area contributed by atoms with Gasteiger partial charge in [-0.25, -0.2) is 13.6 Å². The van der Waals surface area contributed by atoms with E-state index in [2.05, 4.69) is 10.1 Å². The molecule has 0 aliphatic heterocycles. The van der Waals surface area contributed by atoms with Crippen LogP contribution in [0.1, 0.15) is 6.42 Å². The number of carbonyl (C=O) groups is 1. The zero-order valence-electron chi connectivity index (χ0n) is 11.1. The summed E-state index contributed by atoms with van der Waals surface area (Å²) in [6.45, 7) is 2.58. The van der Waals surface area contributed by atoms with Gasteiger partial charge in [0, 0.05) is 13.7 Å². The molecule has 0 unspecified atom stereocenters. The molecule has 4 nitrogen and oxygen atoms in total. The lowest BCUT2D eigenvalue weighted by molar-refractivity contribution is -0.153. The van der Waals surface area contributed by atoms with Gasteiger partial charge in [-0.2, -0.15) is 8.78 Å². The van der Waals surface area contributed by atoms with Crippen LogP contribution in [0.25, 0.3) is 0 Å². The number of rotatable bonds is 8. The number of nitrogens with one attached hydrogen (secondary N) is 1. The average Bonchev–Trinajstić information content (AvgIpc) is 2.32. The van der Waals surface area contributed by atoms with Gasteiger partial charge in [0.05, 0.1) is 0 Å². The van der Waals surface area contributed by atoms with Gasteiger partial charge >= 0.3 is 18.4 Å². The molecule has 0 aliphatic rings. The summed E-state index contributed by atoms with van der Waals surface area (Å²) in [6, 6.07) is 0.775.